The van der Waals surface area contributed by atoms with E-state index >= 15 is 0 Å². The third kappa shape index (κ3) is 4.01. The summed E-state index contributed by atoms with van der Waals surface area (Å²) in [6.45, 7) is 0. The summed E-state index contributed by atoms with van der Waals surface area (Å²) in [6.07, 6.45) is 5.39. The number of aromatic nitrogens is 2. The molecule has 0 atom stereocenters. The van der Waals surface area contributed by atoms with Gasteiger partial charge in [-0.1, -0.05) is 0 Å². The van der Waals surface area contributed by atoms with Crippen LogP contribution in [0, 0.1) is 0 Å². The van der Waals surface area contributed by atoms with Crippen molar-refractivity contribution >= 4 is 29.6 Å². The summed E-state index contributed by atoms with van der Waals surface area (Å²) in [6, 6.07) is 0. The van der Waals surface area contributed by atoms with E-state index in [1.165, 1.54) is 0 Å². The molecule has 0 saturated heterocycles. The molecule has 0 saturated carbocycles. The van der Waals surface area contributed by atoms with E-state index in [9.17, 15) is 0 Å². The zero-order valence-corrected chi connectivity index (χ0v) is 6.18. The monoisotopic (exact) mass is 109 g/mol. The van der Waals surface area contributed by atoms with Crippen LogP contribution in [0.1, 0.15) is 0 Å². The van der Waals surface area contributed by atoms with Gasteiger partial charge in [0, 0.05) is 29.6 Å². The quantitative estimate of drug-likeness (QED) is 0.439. The molecular formula is C3H6N2NaO. The Bertz CT molecular complexity index is 69.4. The Balaban J connectivity index is 0. The summed E-state index contributed by atoms with van der Waals surface area (Å²) < 4.78 is 0. The molecule has 0 unspecified atom stereocenters. The van der Waals surface area contributed by atoms with Gasteiger partial charge in [-0.25, -0.2) is 0 Å². The van der Waals surface area contributed by atoms with Crippen molar-refractivity contribution in [3.63, 3.8) is 0 Å². The molecule has 35 valence electrons. The molecule has 1 aromatic rings. The number of H-pyrrole nitrogens is 2. The van der Waals surface area contributed by atoms with E-state index in [1.807, 2.05) is 12.4 Å². The van der Waals surface area contributed by atoms with E-state index in [0.29, 0.717) is 0 Å². The summed E-state index contributed by atoms with van der Waals surface area (Å²) in [4.78, 5) is 5.61. The summed E-state index contributed by atoms with van der Waals surface area (Å²) in [5.41, 5.74) is 0. The molecular weight excluding hydrogens is 103 g/mol. The van der Waals surface area contributed by atoms with Crippen molar-refractivity contribution in [3.8, 4) is 0 Å². The summed E-state index contributed by atoms with van der Waals surface area (Å²) in [7, 11) is 0. The Morgan fingerprint density at radius 3 is 2.29 bits per heavy atom. The molecule has 0 aromatic carbocycles. The fourth-order valence-corrected chi connectivity index (χ4v) is 0.241. The van der Waals surface area contributed by atoms with Crippen molar-refractivity contribution in [3.05, 3.63) is 18.7 Å². The Morgan fingerprint density at radius 1 is 1.43 bits per heavy atom. The van der Waals surface area contributed by atoms with Gasteiger partial charge in [-0.15, -0.1) is 0 Å². The Hall–Kier alpha value is 0.170. The molecule has 0 bridgehead atoms. The van der Waals surface area contributed by atoms with Crippen molar-refractivity contribution in [2.75, 3.05) is 0 Å². The second-order valence-electron chi connectivity index (χ2n) is 0.811. The van der Waals surface area contributed by atoms with Crippen molar-refractivity contribution in [2.24, 2.45) is 0 Å². The fraction of sp³-hybridized carbons (Fsp3) is 0. The zero-order chi connectivity index (χ0) is 3.54. The van der Waals surface area contributed by atoms with E-state index in [2.05, 4.69) is 9.97 Å². The van der Waals surface area contributed by atoms with Crippen LogP contribution in [0.2, 0.25) is 0 Å². The van der Waals surface area contributed by atoms with Crippen LogP contribution >= 0.6 is 0 Å². The maximum Gasteiger partial charge on any atom is 0.239 e. The normalized spacial score (nSPS) is 5.71. The number of nitrogens with one attached hydrogen (secondary N) is 2. The first-order chi connectivity index (χ1) is 2.50. The third-order valence-corrected chi connectivity index (χ3v) is 0.442. The van der Waals surface area contributed by atoms with Crippen molar-refractivity contribution in [1.82, 2.24) is 4.98 Å². The Morgan fingerprint density at radius 2 is 2.14 bits per heavy atom. The van der Waals surface area contributed by atoms with Gasteiger partial charge in [0.2, 0.25) is 6.33 Å². The number of aromatic amines is 2. The second-order valence-corrected chi connectivity index (χ2v) is 0.811. The molecule has 1 rings (SSSR count). The van der Waals surface area contributed by atoms with Crippen molar-refractivity contribution in [2.45, 2.75) is 0 Å². The minimum absolute atomic E-state index is 0. The summed E-state index contributed by atoms with van der Waals surface area (Å²) in [5.74, 6) is 0. The summed E-state index contributed by atoms with van der Waals surface area (Å²) >= 11 is 0. The number of hydrogen-bond donors (Lipinski definition) is 1. The maximum atomic E-state index is 2.81. The van der Waals surface area contributed by atoms with Crippen LogP contribution in [0.15, 0.2) is 18.7 Å². The predicted octanol–water partition coefficient (Wildman–Crippen LogP) is -0.729. The smallest absolute Gasteiger partial charge is 0.239 e. The molecule has 1 radical (unpaired) electrons. The van der Waals surface area contributed by atoms with Gasteiger partial charge in [0.05, 0.1) is 0 Å². The van der Waals surface area contributed by atoms with Gasteiger partial charge in [-0.2, -0.15) is 0 Å². The average molecular weight is 109 g/mol. The van der Waals surface area contributed by atoms with E-state index < -0.39 is 0 Å². The molecule has 1 heterocycles. The molecule has 7 heavy (non-hydrogen) atoms. The fourth-order valence-electron chi connectivity index (χ4n) is 0.241. The van der Waals surface area contributed by atoms with Gasteiger partial charge in [0.25, 0.3) is 0 Å². The maximum absolute atomic E-state index is 2.81. The van der Waals surface area contributed by atoms with Crippen LogP contribution in [0.3, 0.4) is 0 Å². The molecule has 0 aliphatic rings. The minimum atomic E-state index is 0. The molecule has 3 N–H and O–H groups in total. The molecule has 0 spiro atoms. The average Bonchev–Trinajstić information content (AvgIpc) is 1.76. The topological polar surface area (TPSA) is 59.9 Å². The molecule has 0 fully saturated rings. The Labute approximate surface area is 63.8 Å². The minimum Gasteiger partial charge on any atom is -0.870 e. The van der Waals surface area contributed by atoms with Gasteiger partial charge in [-0.05, 0) is 0 Å². The van der Waals surface area contributed by atoms with E-state index in [-0.39, 0.29) is 35.0 Å². The van der Waals surface area contributed by atoms with Crippen molar-refractivity contribution in [1.29, 1.82) is 0 Å². The third-order valence-electron chi connectivity index (χ3n) is 0.442. The summed E-state index contributed by atoms with van der Waals surface area (Å²) in [5, 5.41) is 0. The molecule has 0 amide bonds. The number of rotatable bonds is 0. The second kappa shape index (κ2) is 6.17. The van der Waals surface area contributed by atoms with E-state index in [4.69, 9.17) is 0 Å². The van der Waals surface area contributed by atoms with Crippen LogP contribution in [0.25, 0.3) is 0 Å². The van der Waals surface area contributed by atoms with E-state index in [0.717, 1.165) is 0 Å². The van der Waals surface area contributed by atoms with Gasteiger partial charge in [0.15, 0.2) is 0 Å². The number of hydrogen-bond acceptors (Lipinski definition) is 1. The van der Waals surface area contributed by atoms with Crippen LogP contribution in [-0.2, 0) is 0 Å². The zero-order valence-electron chi connectivity index (χ0n) is 4.18. The standard InChI is InChI=1S/C3H4N2.Na.H2O/c1-2-5-3-4-1;;/h1-3H,(H,4,5);;1H2. The Kier molecular flexibility index (Phi) is 9.00. The predicted molar refractivity (Wildman–Crippen MR) is 25.0 cm³/mol. The van der Waals surface area contributed by atoms with Gasteiger partial charge >= 0.3 is 0 Å². The largest absolute Gasteiger partial charge is 0.870 e. The first kappa shape index (κ1) is 10.2. The van der Waals surface area contributed by atoms with Crippen LogP contribution in [0.5, 0.6) is 0 Å². The van der Waals surface area contributed by atoms with E-state index in [1.54, 1.807) is 6.33 Å². The first-order valence-electron chi connectivity index (χ1n) is 1.49. The molecule has 0 aliphatic heterocycles. The molecule has 3 nitrogen and oxygen atoms in total. The van der Waals surface area contributed by atoms with Crippen LogP contribution in [0.4, 0.5) is 0 Å². The van der Waals surface area contributed by atoms with Crippen LogP contribution in [-0.4, -0.2) is 40.0 Å². The number of imidazole rings is 1. The molecule has 1 aromatic heterocycles. The van der Waals surface area contributed by atoms with Gasteiger partial charge in [0.1, 0.15) is 12.4 Å². The molecule has 0 aliphatic carbocycles. The molecule has 4 heteroatoms. The van der Waals surface area contributed by atoms with Crippen molar-refractivity contribution < 1.29 is 10.5 Å². The van der Waals surface area contributed by atoms with Gasteiger partial charge < -0.3 is 5.48 Å². The van der Waals surface area contributed by atoms with Gasteiger partial charge in [-0.3, -0.25) is 9.97 Å². The van der Waals surface area contributed by atoms with Crippen LogP contribution < -0.4 is 4.98 Å². The SMILES string of the molecule is [Na].[OH-].c1c[nH+]c[nH]1. The first-order valence-corrected chi connectivity index (χ1v) is 1.49.